The normalized spacial score (nSPS) is 13.3. The first-order valence-corrected chi connectivity index (χ1v) is 11.6. The van der Waals surface area contributed by atoms with Crippen LogP contribution in [-0.4, -0.2) is 30.9 Å². The topological polar surface area (TPSA) is 113 Å². The van der Waals surface area contributed by atoms with Gasteiger partial charge in [0.2, 0.25) is 0 Å². The highest BCUT2D eigenvalue weighted by molar-refractivity contribution is 7.13. The molecule has 0 aliphatic heterocycles. The van der Waals surface area contributed by atoms with Gasteiger partial charge in [-0.2, -0.15) is 13.2 Å². The Hall–Kier alpha value is -3.45. The molecule has 13 heteroatoms. The first kappa shape index (κ1) is 25.6. The zero-order valence-corrected chi connectivity index (χ0v) is 20.1. The Balaban J connectivity index is 1.42. The highest BCUT2D eigenvalue weighted by Crippen LogP contribution is 2.36. The van der Waals surface area contributed by atoms with Crippen molar-refractivity contribution in [2.75, 3.05) is 5.32 Å². The number of thiazole rings is 1. The molecule has 0 bridgehead atoms. The molecule has 0 radical (unpaired) electrons. The number of nitrogens with zero attached hydrogens (tertiary/aromatic N) is 4. The van der Waals surface area contributed by atoms with Crippen LogP contribution in [-0.2, 0) is 6.18 Å². The number of halogens is 4. The van der Waals surface area contributed by atoms with Crippen molar-refractivity contribution >= 4 is 34.5 Å². The fraction of sp³-hybridized carbons (Fsp3) is 0.174. The van der Waals surface area contributed by atoms with Gasteiger partial charge in [0.05, 0.1) is 34.2 Å². The molecule has 1 amide bonds. The molecule has 4 rings (SSSR count). The number of carbonyl (C=O) groups excluding carboxylic acids is 1. The standard InChI is InChI=1S/C23H18ClF3N6O2S/c1-12(32-20(34)18-9-17(30-11-31-18)13-4-6-28-7-5-13)22-29-10-19(36-22)21(35)33-14-2-3-16(24)15(8-14)23(25,26)27/h2-12,20,32,34H,1H3,(H,33,35)/t12-,20?/m1/s1. The van der Waals surface area contributed by atoms with Crippen LogP contribution in [0.1, 0.15) is 45.1 Å². The van der Waals surface area contributed by atoms with Crippen molar-refractivity contribution in [3.63, 3.8) is 0 Å². The van der Waals surface area contributed by atoms with Gasteiger partial charge in [0.15, 0.2) is 0 Å². The van der Waals surface area contributed by atoms with Crippen molar-refractivity contribution < 1.29 is 23.1 Å². The minimum Gasteiger partial charge on any atom is -0.373 e. The molecule has 8 nitrogen and oxygen atoms in total. The number of benzene rings is 1. The van der Waals surface area contributed by atoms with Crippen molar-refractivity contribution in [1.82, 2.24) is 25.3 Å². The minimum absolute atomic E-state index is 0.0537. The van der Waals surface area contributed by atoms with Gasteiger partial charge in [0.25, 0.3) is 5.91 Å². The number of hydrogen-bond acceptors (Lipinski definition) is 8. The molecule has 2 atom stereocenters. The van der Waals surface area contributed by atoms with Crippen LogP contribution >= 0.6 is 22.9 Å². The van der Waals surface area contributed by atoms with Gasteiger partial charge >= 0.3 is 6.18 Å². The summed E-state index contributed by atoms with van der Waals surface area (Å²) in [4.78, 5) is 29.2. The number of alkyl halides is 3. The highest BCUT2D eigenvalue weighted by atomic mass is 35.5. The monoisotopic (exact) mass is 534 g/mol. The lowest BCUT2D eigenvalue weighted by molar-refractivity contribution is -0.137. The van der Waals surface area contributed by atoms with Gasteiger partial charge < -0.3 is 10.4 Å². The number of aliphatic hydroxyl groups is 1. The summed E-state index contributed by atoms with van der Waals surface area (Å²) in [5.41, 5.74) is 0.659. The third kappa shape index (κ3) is 6.02. The number of aromatic nitrogens is 4. The van der Waals surface area contributed by atoms with Crippen LogP contribution in [0.4, 0.5) is 18.9 Å². The maximum atomic E-state index is 13.1. The first-order valence-electron chi connectivity index (χ1n) is 10.4. The van der Waals surface area contributed by atoms with Gasteiger partial charge in [0.1, 0.15) is 22.4 Å². The summed E-state index contributed by atoms with van der Waals surface area (Å²) in [6, 6.07) is 7.85. The van der Waals surface area contributed by atoms with Crippen molar-refractivity contribution in [2.45, 2.75) is 25.4 Å². The van der Waals surface area contributed by atoms with E-state index in [0.717, 1.165) is 29.0 Å². The summed E-state index contributed by atoms with van der Waals surface area (Å²) >= 11 is 6.65. The lowest BCUT2D eigenvalue weighted by Gasteiger charge is -2.17. The Morgan fingerprint density at radius 3 is 2.58 bits per heavy atom. The Bertz CT molecular complexity index is 1370. The number of pyridine rings is 1. The SMILES string of the molecule is C[C@@H](NC(O)c1cc(-c2ccncc2)ncn1)c1ncc(C(=O)Nc2ccc(Cl)c(C(F)(F)F)c2)s1. The number of rotatable bonds is 7. The lowest BCUT2D eigenvalue weighted by Crippen LogP contribution is -2.25. The number of hydrogen-bond donors (Lipinski definition) is 3. The fourth-order valence-electron chi connectivity index (χ4n) is 3.20. The van der Waals surface area contributed by atoms with Crippen LogP contribution in [0.3, 0.4) is 0 Å². The van der Waals surface area contributed by atoms with Crippen LogP contribution in [0.5, 0.6) is 0 Å². The van der Waals surface area contributed by atoms with Crippen LogP contribution in [0.25, 0.3) is 11.3 Å². The summed E-state index contributed by atoms with van der Waals surface area (Å²) in [6.07, 6.45) is 0.110. The largest absolute Gasteiger partial charge is 0.417 e. The third-order valence-electron chi connectivity index (χ3n) is 5.00. The van der Waals surface area contributed by atoms with E-state index in [0.29, 0.717) is 16.4 Å². The molecule has 3 heterocycles. The van der Waals surface area contributed by atoms with E-state index in [9.17, 15) is 23.1 Å². The number of nitrogens with one attached hydrogen (secondary N) is 2. The van der Waals surface area contributed by atoms with Gasteiger partial charge in [-0.05, 0) is 43.3 Å². The fourth-order valence-corrected chi connectivity index (χ4v) is 4.25. The summed E-state index contributed by atoms with van der Waals surface area (Å²) in [5.74, 6) is -0.625. The summed E-state index contributed by atoms with van der Waals surface area (Å²) in [5, 5.41) is 16.0. The molecule has 186 valence electrons. The third-order valence-corrected chi connectivity index (χ3v) is 6.51. The van der Waals surface area contributed by atoms with Crippen LogP contribution < -0.4 is 10.6 Å². The first-order chi connectivity index (χ1) is 17.1. The number of anilines is 1. The average Bonchev–Trinajstić information content (AvgIpc) is 3.36. The van der Waals surface area contributed by atoms with Crippen LogP contribution in [0.15, 0.2) is 61.3 Å². The van der Waals surface area contributed by atoms with E-state index >= 15 is 0 Å². The molecule has 0 aliphatic rings. The van der Waals surface area contributed by atoms with Crippen molar-refractivity contribution in [3.8, 4) is 11.3 Å². The highest BCUT2D eigenvalue weighted by Gasteiger charge is 2.33. The minimum atomic E-state index is -4.65. The predicted molar refractivity (Wildman–Crippen MR) is 128 cm³/mol. The zero-order chi connectivity index (χ0) is 25.9. The maximum absolute atomic E-state index is 13.1. The molecule has 3 N–H and O–H groups in total. The van der Waals surface area contributed by atoms with Crippen molar-refractivity contribution in [2.24, 2.45) is 0 Å². The molecule has 0 saturated carbocycles. The van der Waals surface area contributed by atoms with Crippen LogP contribution in [0, 0.1) is 0 Å². The molecular formula is C23H18ClF3N6O2S. The van der Waals surface area contributed by atoms with E-state index in [1.54, 1.807) is 37.5 Å². The van der Waals surface area contributed by atoms with Gasteiger partial charge in [0, 0.05) is 23.6 Å². The molecule has 0 spiro atoms. The smallest absolute Gasteiger partial charge is 0.373 e. The Morgan fingerprint density at radius 2 is 1.86 bits per heavy atom. The van der Waals surface area contributed by atoms with Crippen molar-refractivity contribution in [1.29, 1.82) is 0 Å². The maximum Gasteiger partial charge on any atom is 0.417 e. The quantitative estimate of drug-likeness (QED) is 0.277. The molecule has 3 aromatic heterocycles. The van der Waals surface area contributed by atoms with E-state index in [1.165, 1.54) is 18.6 Å². The molecule has 4 aromatic rings. The van der Waals surface area contributed by atoms with E-state index in [-0.39, 0.29) is 10.6 Å². The summed E-state index contributed by atoms with van der Waals surface area (Å²) < 4.78 is 39.2. The van der Waals surface area contributed by atoms with E-state index < -0.39 is 34.9 Å². The number of aliphatic hydroxyl groups excluding tert-OH is 1. The number of amides is 1. The molecular weight excluding hydrogens is 517 g/mol. The second kappa shape index (κ2) is 10.7. The second-order valence-electron chi connectivity index (χ2n) is 7.56. The van der Waals surface area contributed by atoms with E-state index in [2.05, 4.69) is 30.6 Å². The van der Waals surface area contributed by atoms with E-state index in [1.807, 2.05) is 0 Å². The number of carbonyl (C=O) groups is 1. The lowest BCUT2D eigenvalue weighted by atomic mass is 10.1. The zero-order valence-electron chi connectivity index (χ0n) is 18.5. The molecule has 0 saturated heterocycles. The molecule has 0 aliphatic carbocycles. The van der Waals surface area contributed by atoms with Gasteiger partial charge in [-0.25, -0.2) is 15.0 Å². The van der Waals surface area contributed by atoms with E-state index in [4.69, 9.17) is 11.6 Å². The second-order valence-corrected chi connectivity index (χ2v) is 9.03. The molecule has 0 fully saturated rings. The van der Waals surface area contributed by atoms with Gasteiger partial charge in [-0.3, -0.25) is 15.1 Å². The van der Waals surface area contributed by atoms with Gasteiger partial charge in [-0.15, -0.1) is 11.3 Å². The van der Waals surface area contributed by atoms with Gasteiger partial charge in [-0.1, -0.05) is 11.6 Å². The van der Waals surface area contributed by atoms with Crippen molar-refractivity contribution in [3.05, 3.63) is 87.5 Å². The Labute approximate surface area is 212 Å². The molecule has 1 aromatic carbocycles. The Kier molecular flexibility index (Phi) is 7.59. The predicted octanol–water partition coefficient (Wildman–Crippen LogP) is 5.26. The summed E-state index contributed by atoms with van der Waals surface area (Å²) in [7, 11) is 0. The summed E-state index contributed by atoms with van der Waals surface area (Å²) in [6.45, 7) is 1.74. The average molecular weight is 535 g/mol. The Morgan fingerprint density at radius 1 is 1.11 bits per heavy atom. The van der Waals surface area contributed by atoms with Crippen LogP contribution in [0.2, 0.25) is 5.02 Å². The molecule has 36 heavy (non-hydrogen) atoms. The molecule has 1 unspecified atom stereocenters.